The minimum absolute atomic E-state index is 0.323. The Morgan fingerprint density at radius 2 is 2.22 bits per heavy atom. The highest BCUT2D eigenvalue weighted by Gasteiger charge is 2.06. The normalized spacial score (nSPS) is 10.1. The first-order valence-electron chi connectivity index (χ1n) is 5.33. The van der Waals surface area contributed by atoms with Crippen molar-refractivity contribution in [2.24, 2.45) is 0 Å². The van der Waals surface area contributed by atoms with Gasteiger partial charge in [0.1, 0.15) is 12.4 Å². The molecule has 0 saturated carbocycles. The molecule has 2 aromatic rings. The maximum atomic E-state index is 7.17. The highest BCUT2D eigenvalue weighted by molar-refractivity contribution is 6.32. The number of nitrogen functional groups attached to an aromatic ring is 1. The second-order valence-electron chi connectivity index (χ2n) is 3.67. The van der Waals surface area contributed by atoms with E-state index in [0.717, 1.165) is 11.9 Å². The van der Waals surface area contributed by atoms with E-state index >= 15 is 0 Å². The first-order chi connectivity index (χ1) is 8.70. The molecule has 1 heterocycles. The van der Waals surface area contributed by atoms with E-state index < -0.39 is 0 Å². The van der Waals surface area contributed by atoms with Crippen molar-refractivity contribution in [2.75, 3.05) is 5.73 Å². The van der Waals surface area contributed by atoms with Crippen molar-refractivity contribution < 1.29 is 4.74 Å². The van der Waals surface area contributed by atoms with Crippen LogP contribution in [0.15, 0.2) is 36.5 Å². The van der Waals surface area contributed by atoms with Crippen LogP contribution in [0.2, 0.25) is 5.02 Å². The molecule has 18 heavy (non-hydrogen) atoms. The van der Waals surface area contributed by atoms with Crippen LogP contribution in [0.1, 0.15) is 11.3 Å². The lowest BCUT2D eigenvalue weighted by Gasteiger charge is -2.10. The van der Waals surface area contributed by atoms with Crippen molar-refractivity contribution in [3.63, 3.8) is 0 Å². The van der Waals surface area contributed by atoms with Gasteiger partial charge in [-0.15, -0.1) is 0 Å². The molecule has 1 aromatic carbocycles. The molecule has 2 rings (SSSR count). The number of benzene rings is 1. The molecule has 0 saturated heterocycles. The minimum Gasteiger partial charge on any atom is -0.486 e. The largest absolute Gasteiger partial charge is 0.486 e. The summed E-state index contributed by atoms with van der Waals surface area (Å²) in [5.41, 5.74) is 7.61. The fourth-order valence-corrected chi connectivity index (χ4v) is 1.68. The average Bonchev–Trinajstić information content (AvgIpc) is 2.40. The highest BCUT2D eigenvalue weighted by Crippen LogP contribution is 2.29. The quantitative estimate of drug-likeness (QED) is 0.657. The van der Waals surface area contributed by atoms with Crippen LogP contribution in [-0.4, -0.2) is 11.2 Å². The van der Waals surface area contributed by atoms with Crippen LogP contribution in [0.25, 0.3) is 0 Å². The Morgan fingerprint density at radius 1 is 1.39 bits per heavy atom. The molecule has 0 amide bonds. The second-order valence-corrected chi connectivity index (χ2v) is 4.07. The topological polar surface area (TPSA) is 72.0 Å². The van der Waals surface area contributed by atoms with Crippen molar-refractivity contribution in [3.05, 3.63) is 52.8 Å². The molecule has 0 unspecified atom stereocenters. The summed E-state index contributed by atoms with van der Waals surface area (Å²) in [6, 6.07) is 8.82. The van der Waals surface area contributed by atoms with Gasteiger partial charge in [-0.2, -0.15) is 0 Å². The fraction of sp³-hybridized carbons (Fsp3) is 0.0769. The summed E-state index contributed by atoms with van der Waals surface area (Å²) in [5.74, 6) is 0.491. The highest BCUT2D eigenvalue weighted by atomic mass is 35.5. The smallest absolute Gasteiger partial charge is 0.140 e. The van der Waals surface area contributed by atoms with Crippen LogP contribution in [-0.2, 0) is 6.61 Å². The molecule has 0 aliphatic heterocycles. The molecule has 0 aliphatic carbocycles. The van der Waals surface area contributed by atoms with Crippen LogP contribution < -0.4 is 10.5 Å². The van der Waals surface area contributed by atoms with Crippen molar-refractivity contribution in [2.45, 2.75) is 6.61 Å². The SMILES string of the molecule is N=Cc1cc(Cl)c(OCc2ccccn2)cc1N. The van der Waals surface area contributed by atoms with E-state index in [0.29, 0.717) is 28.6 Å². The van der Waals surface area contributed by atoms with E-state index in [4.69, 9.17) is 27.5 Å². The van der Waals surface area contributed by atoms with Crippen molar-refractivity contribution >= 4 is 23.5 Å². The predicted molar refractivity (Wildman–Crippen MR) is 72.3 cm³/mol. The van der Waals surface area contributed by atoms with Crippen molar-refractivity contribution in [3.8, 4) is 5.75 Å². The number of nitrogens with zero attached hydrogens (tertiary/aromatic N) is 1. The Balaban J connectivity index is 2.15. The lowest BCUT2D eigenvalue weighted by Crippen LogP contribution is -2.00. The summed E-state index contributed by atoms with van der Waals surface area (Å²) in [6.45, 7) is 0.323. The predicted octanol–water partition coefficient (Wildman–Crippen LogP) is 2.89. The van der Waals surface area contributed by atoms with Gasteiger partial charge < -0.3 is 15.9 Å². The number of pyridine rings is 1. The third kappa shape index (κ3) is 2.78. The third-order valence-corrected chi connectivity index (χ3v) is 2.69. The minimum atomic E-state index is 0.323. The van der Waals surface area contributed by atoms with Gasteiger partial charge in [-0.25, -0.2) is 0 Å². The molecule has 3 N–H and O–H groups in total. The molecule has 0 atom stereocenters. The van der Waals surface area contributed by atoms with E-state index in [9.17, 15) is 0 Å². The second kappa shape index (κ2) is 5.51. The number of hydrogen-bond donors (Lipinski definition) is 2. The van der Waals surface area contributed by atoms with Gasteiger partial charge in [0.05, 0.1) is 10.7 Å². The fourth-order valence-electron chi connectivity index (χ4n) is 1.46. The standard InChI is InChI=1S/C13H12ClN3O/c14-11-5-9(7-15)12(16)6-13(11)18-8-10-3-1-2-4-17-10/h1-7,15H,8,16H2. The Bertz CT molecular complexity index is 558. The van der Waals surface area contributed by atoms with Gasteiger partial charge in [-0.05, 0) is 18.2 Å². The van der Waals surface area contributed by atoms with Crippen molar-refractivity contribution in [1.29, 1.82) is 5.41 Å². The molecule has 0 radical (unpaired) electrons. The summed E-state index contributed by atoms with van der Waals surface area (Å²) in [6.07, 6.45) is 2.86. The number of anilines is 1. The monoisotopic (exact) mass is 261 g/mol. The molecule has 0 fully saturated rings. The molecule has 0 bridgehead atoms. The lowest BCUT2D eigenvalue weighted by atomic mass is 10.2. The zero-order chi connectivity index (χ0) is 13.0. The molecule has 1 aromatic heterocycles. The number of ether oxygens (including phenoxy) is 1. The summed E-state index contributed by atoms with van der Waals surface area (Å²) >= 11 is 6.04. The Morgan fingerprint density at radius 3 is 2.89 bits per heavy atom. The molecule has 0 spiro atoms. The zero-order valence-corrected chi connectivity index (χ0v) is 10.3. The average molecular weight is 262 g/mol. The van der Waals surface area contributed by atoms with Crippen LogP contribution in [0.5, 0.6) is 5.75 Å². The van der Waals surface area contributed by atoms with Gasteiger partial charge >= 0.3 is 0 Å². The van der Waals surface area contributed by atoms with Crippen LogP contribution in [0, 0.1) is 5.41 Å². The summed E-state index contributed by atoms with van der Waals surface area (Å²) in [5, 5.41) is 7.60. The van der Waals surface area contributed by atoms with Gasteiger partial charge in [0.25, 0.3) is 0 Å². The van der Waals surface area contributed by atoms with E-state index in [1.807, 2.05) is 18.2 Å². The van der Waals surface area contributed by atoms with Gasteiger partial charge in [0, 0.05) is 29.7 Å². The number of nitrogens with one attached hydrogen (secondary N) is 1. The zero-order valence-electron chi connectivity index (χ0n) is 9.56. The maximum Gasteiger partial charge on any atom is 0.140 e. The van der Waals surface area contributed by atoms with Gasteiger partial charge in [-0.1, -0.05) is 17.7 Å². The number of aromatic nitrogens is 1. The van der Waals surface area contributed by atoms with Crippen LogP contribution in [0.4, 0.5) is 5.69 Å². The molecule has 92 valence electrons. The summed E-state index contributed by atoms with van der Waals surface area (Å²) < 4.78 is 5.55. The van der Waals surface area contributed by atoms with E-state index in [1.165, 1.54) is 0 Å². The van der Waals surface area contributed by atoms with Crippen molar-refractivity contribution in [1.82, 2.24) is 4.98 Å². The summed E-state index contributed by atoms with van der Waals surface area (Å²) in [4.78, 5) is 4.14. The third-order valence-electron chi connectivity index (χ3n) is 2.39. The first kappa shape index (κ1) is 12.4. The van der Waals surface area contributed by atoms with Gasteiger partial charge in [0.15, 0.2) is 0 Å². The van der Waals surface area contributed by atoms with E-state index in [2.05, 4.69) is 4.98 Å². The van der Waals surface area contributed by atoms with Gasteiger partial charge in [-0.3, -0.25) is 4.98 Å². The van der Waals surface area contributed by atoms with E-state index in [-0.39, 0.29) is 0 Å². The number of hydrogen-bond acceptors (Lipinski definition) is 4. The maximum absolute atomic E-state index is 7.17. The Kier molecular flexibility index (Phi) is 3.79. The molecular weight excluding hydrogens is 250 g/mol. The summed E-state index contributed by atoms with van der Waals surface area (Å²) in [7, 11) is 0. The van der Waals surface area contributed by atoms with Gasteiger partial charge in [0.2, 0.25) is 0 Å². The van der Waals surface area contributed by atoms with Crippen LogP contribution >= 0.6 is 11.6 Å². The number of nitrogens with two attached hydrogens (primary N) is 1. The first-order valence-corrected chi connectivity index (χ1v) is 5.70. The van der Waals surface area contributed by atoms with Crippen LogP contribution in [0.3, 0.4) is 0 Å². The number of rotatable bonds is 4. The molecular formula is C13H12ClN3O. The lowest BCUT2D eigenvalue weighted by molar-refractivity contribution is 0.301. The molecule has 5 heteroatoms. The molecule has 4 nitrogen and oxygen atoms in total. The Hall–Kier alpha value is -2.07. The molecule has 0 aliphatic rings. The number of halogens is 1. The van der Waals surface area contributed by atoms with E-state index in [1.54, 1.807) is 18.3 Å². The Labute approximate surface area is 110 Å².